The highest BCUT2D eigenvalue weighted by atomic mass is 16.5. The largest absolute Gasteiger partial charge is 0.486 e. The molecule has 27 heavy (non-hydrogen) atoms. The van der Waals surface area contributed by atoms with Crippen molar-refractivity contribution in [3.8, 4) is 5.75 Å². The Morgan fingerprint density at radius 3 is 2.67 bits per heavy atom. The quantitative estimate of drug-likeness (QED) is 0.713. The first-order chi connectivity index (χ1) is 13.1. The van der Waals surface area contributed by atoms with Crippen molar-refractivity contribution in [3.63, 3.8) is 0 Å². The number of pyridine rings is 1. The minimum Gasteiger partial charge on any atom is -0.486 e. The first kappa shape index (κ1) is 17.5. The fourth-order valence-corrected chi connectivity index (χ4v) is 3.49. The number of hydrogen-bond donors (Lipinski definition) is 0. The third kappa shape index (κ3) is 3.80. The summed E-state index contributed by atoms with van der Waals surface area (Å²) >= 11 is 0. The molecule has 1 fully saturated rings. The minimum atomic E-state index is -0.0254. The van der Waals surface area contributed by atoms with E-state index in [1.807, 2.05) is 78.0 Å². The zero-order valence-electron chi connectivity index (χ0n) is 15.5. The third-order valence-electron chi connectivity index (χ3n) is 4.61. The first-order valence-electron chi connectivity index (χ1n) is 9.19. The monoisotopic (exact) mass is 365 g/mol. The average molecular weight is 365 g/mol. The molecule has 0 bridgehead atoms. The number of nitrogens with zero attached hydrogens (tertiary/aromatic N) is 3. The smallest absolute Gasteiger partial charge is 0.257 e. The van der Waals surface area contributed by atoms with Crippen molar-refractivity contribution in [2.45, 2.75) is 32.7 Å². The predicted molar refractivity (Wildman–Crippen MR) is 102 cm³/mol. The van der Waals surface area contributed by atoms with Crippen LogP contribution in [0.1, 0.15) is 29.9 Å². The van der Waals surface area contributed by atoms with Gasteiger partial charge in [-0.05, 0) is 38.1 Å². The van der Waals surface area contributed by atoms with Crippen LogP contribution < -0.4 is 4.74 Å². The molecule has 1 saturated heterocycles. The highest BCUT2D eigenvalue weighted by Gasteiger charge is 2.28. The van der Waals surface area contributed by atoms with Crippen LogP contribution in [0.4, 0.5) is 0 Å². The highest BCUT2D eigenvalue weighted by Crippen LogP contribution is 2.23. The second-order valence-electron chi connectivity index (χ2n) is 6.95. The van der Waals surface area contributed by atoms with Crippen molar-refractivity contribution in [1.82, 2.24) is 14.3 Å². The summed E-state index contributed by atoms with van der Waals surface area (Å²) in [6.45, 7) is 5.46. The van der Waals surface area contributed by atoms with E-state index in [1.165, 1.54) is 0 Å². The lowest BCUT2D eigenvalue weighted by Gasteiger charge is -2.35. The van der Waals surface area contributed by atoms with Crippen LogP contribution in [0.15, 0.2) is 54.9 Å². The number of hydrogen-bond acceptors (Lipinski definition) is 4. The van der Waals surface area contributed by atoms with Gasteiger partial charge < -0.3 is 18.8 Å². The van der Waals surface area contributed by atoms with E-state index in [9.17, 15) is 4.79 Å². The van der Waals surface area contributed by atoms with Crippen molar-refractivity contribution in [3.05, 3.63) is 66.1 Å². The van der Waals surface area contributed by atoms with Gasteiger partial charge in [0.25, 0.3) is 5.91 Å². The average Bonchev–Trinajstić information content (AvgIpc) is 3.08. The zero-order chi connectivity index (χ0) is 18.8. The second kappa shape index (κ2) is 7.40. The van der Waals surface area contributed by atoms with Crippen LogP contribution in [0.3, 0.4) is 0 Å². The molecule has 0 N–H and O–H groups in total. The van der Waals surface area contributed by atoms with E-state index in [0.717, 1.165) is 11.3 Å². The van der Waals surface area contributed by atoms with Gasteiger partial charge in [0.15, 0.2) is 0 Å². The molecule has 6 nitrogen and oxygen atoms in total. The van der Waals surface area contributed by atoms with Crippen molar-refractivity contribution in [1.29, 1.82) is 0 Å². The van der Waals surface area contributed by atoms with Crippen molar-refractivity contribution in [2.24, 2.45) is 0 Å². The lowest BCUT2D eigenvalue weighted by molar-refractivity contribution is -0.0586. The normalized spacial score (nSPS) is 20.0. The Balaban J connectivity index is 1.51. The molecule has 4 rings (SSSR count). The van der Waals surface area contributed by atoms with E-state index < -0.39 is 0 Å². The van der Waals surface area contributed by atoms with Gasteiger partial charge in [0.1, 0.15) is 18.0 Å². The van der Waals surface area contributed by atoms with E-state index in [0.29, 0.717) is 31.0 Å². The zero-order valence-corrected chi connectivity index (χ0v) is 15.5. The Labute approximate surface area is 158 Å². The summed E-state index contributed by atoms with van der Waals surface area (Å²) in [4.78, 5) is 19.4. The summed E-state index contributed by atoms with van der Waals surface area (Å²) in [5, 5.41) is 0. The summed E-state index contributed by atoms with van der Waals surface area (Å²) in [7, 11) is 0. The number of morpholine rings is 1. The number of benzene rings is 1. The Hall–Kier alpha value is -2.86. The Morgan fingerprint density at radius 2 is 1.89 bits per heavy atom. The fraction of sp³-hybridized carbons (Fsp3) is 0.333. The fourth-order valence-electron chi connectivity index (χ4n) is 3.49. The SMILES string of the molecule is C[C@@H]1CN(C(=O)c2ccccc2OCc2cn3ccccc3n2)C[C@@H](C)O1. The van der Waals surface area contributed by atoms with Crippen LogP contribution in [-0.2, 0) is 11.3 Å². The number of imidazole rings is 1. The summed E-state index contributed by atoms with van der Waals surface area (Å²) in [6, 6.07) is 13.2. The number of para-hydroxylation sites is 1. The molecule has 0 spiro atoms. The molecule has 140 valence electrons. The number of aromatic nitrogens is 2. The molecular formula is C21H23N3O3. The van der Waals surface area contributed by atoms with Crippen LogP contribution in [0.25, 0.3) is 5.65 Å². The molecule has 0 radical (unpaired) electrons. The molecule has 1 aliphatic rings. The molecule has 3 aromatic rings. The Morgan fingerprint density at radius 1 is 1.15 bits per heavy atom. The van der Waals surface area contributed by atoms with E-state index in [4.69, 9.17) is 9.47 Å². The van der Waals surface area contributed by atoms with Gasteiger partial charge in [0.05, 0.1) is 23.5 Å². The van der Waals surface area contributed by atoms with E-state index >= 15 is 0 Å². The van der Waals surface area contributed by atoms with E-state index in [2.05, 4.69) is 4.98 Å². The molecule has 0 unspecified atom stereocenters. The first-order valence-corrected chi connectivity index (χ1v) is 9.19. The number of amides is 1. The van der Waals surface area contributed by atoms with Gasteiger partial charge in [0, 0.05) is 25.5 Å². The molecule has 3 heterocycles. The van der Waals surface area contributed by atoms with Gasteiger partial charge in [0.2, 0.25) is 0 Å². The molecule has 6 heteroatoms. The topological polar surface area (TPSA) is 56.1 Å². The number of fused-ring (bicyclic) bond motifs is 1. The minimum absolute atomic E-state index is 0.0254. The van der Waals surface area contributed by atoms with Crippen LogP contribution in [0.5, 0.6) is 5.75 Å². The summed E-state index contributed by atoms with van der Waals surface area (Å²) in [5.41, 5.74) is 2.26. The lowest BCUT2D eigenvalue weighted by Crippen LogP contribution is -2.48. The Bertz CT molecular complexity index is 910. The molecule has 0 aliphatic carbocycles. The molecule has 0 saturated carbocycles. The van der Waals surface area contributed by atoms with Gasteiger partial charge in [-0.15, -0.1) is 0 Å². The van der Waals surface area contributed by atoms with Crippen LogP contribution in [0, 0.1) is 0 Å². The number of ether oxygens (including phenoxy) is 2. The Kier molecular flexibility index (Phi) is 4.81. The summed E-state index contributed by atoms with van der Waals surface area (Å²) in [6.07, 6.45) is 3.95. The predicted octanol–water partition coefficient (Wildman–Crippen LogP) is 3.16. The van der Waals surface area contributed by atoms with Crippen molar-refractivity contribution in [2.75, 3.05) is 13.1 Å². The maximum absolute atomic E-state index is 13.0. The van der Waals surface area contributed by atoms with Crippen molar-refractivity contribution >= 4 is 11.6 Å². The molecular weight excluding hydrogens is 342 g/mol. The highest BCUT2D eigenvalue weighted by molar-refractivity contribution is 5.97. The van der Waals surface area contributed by atoms with Crippen LogP contribution in [-0.4, -0.2) is 45.5 Å². The van der Waals surface area contributed by atoms with Gasteiger partial charge in [-0.3, -0.25) is 4.79 Å². The molecule has 1 aromatic carbocycles. The van der Waals surface area contributed by atoms with Gasteiger partial charge in [-0.1, -0.05) is 18.2 Å². The third-order valence-corrected chi connectivity index (χ3v) is 4.61. The van der Waals surface area contributed by atoms with Gasteiger partial charge in [-0.25, -0.2) is 4.98 Å². The van der Waals surface area contributed by atoms with Crippen LogP contribution in [0.2, 0.25) is 0 Å². The van der Waals surface area contributed by atoms with Crippen LogP contribution >= 0.6 is 0 Å². The van der Waals surface area contributed by atoms with E-state index in [-0.39, 0.29) is 18.1 Å². The maximum atomic E-state index is 13.0. The molecule has 1 aliphatic heterocycles. The van der Waals surface area contributed by atoms with E-state index in [1.54, 1.807) is 0 Å². The van der Waals surface area contributed by atoms with Gasteiger partial charge in [-0.2, -0.15) is 0 Å². The summed E-state index contributed by atoms with van der Waals surface area (Å²) in [5.74, 6) is 0.550. The molecule has 2 aromatic heterocycles. The molecule has 2 atom stereocenters. The standard InChI is InChI=1S/C21H23N3O3/c1-15-11-24(12-16(2)27-15)21(25)18-7-3-4-8-19(18)26-14-17-13-23-10-6-5-9-20(23)22-17/h3-10,13,15-16H,11-12,14H2,1-2H3/t15-,16-/m1/s1. The number of rotatable bonds is 4. The second-order valence-corrected chi connectivity index (χ2v) is 6.95. The van der Waals surface area contributed by atoms with Gasteiger partial charge >= 0.3 is 0 Å². The maximum Gasteiger partial charge on any atom is 0.257 e. The lowest BCUT2D eigenvalue weighted by atomic mass is 10.1. The number of carbonyl (C=O) groups excluding carboxylic acids is 1. The number of carbonyl (C=O) groups is 1. The molecule has 1 amide bonds. The van der Waals surface area contributed by atoms with Crippen molar-refractivity contribution < 1.29 is 14.3 Å². The summed E-state index contributed by atoms with van der Waals surface area (Å²) < 4.78 is 13.6.